The van der Waals surface area contributed by atoms with Crippen LogP contribution >= 0.6 is 0 Å². The molecule has 1 aliphatic heterocycles. The van der Waals surface area contributed by atoms with E-state index in [9.17, 15) is 8.78 Å². The highest BCUT2D eigenvalue weighted by Gasteiger charge is 2.13. The lowest BCUT2D eigenvalue weighted by molar-refractivity contribution is -0.0505. The van der Waals surface area contributed by atoms with Crippen molar-refractivity contribution in [1.82, 2.24) is 15.5 Å². The van der Waals surface area contributed by atoms with Crippen molar-refractivity contribution in [3.05, 3.63) is 23.8 Å². The Kier molecular flexibility index (Phi) is 10.5. The molecule has 8 heteroatoms. The zero-order valence-electron chi connectivity index (χ0n) is 17.6. The number of halogens is 2. The smallest absolute Gasteiger partial charge is 0.387 e. The highest BCUT2D eigenvalue weighted by molar-refractivity contribution is 5.79. The average molecular weight is 413 g/mol. The lowest BCUT2D eigenvalue weighted by atomic mass is 10.2. The Balaban J connectivity index is 1.78. The van der Waals surface area contributed by atoms with Gasteiger partial charge in [0.15, 0.2) is 5.96 Å². The third-order valence-electron chi connectivity index (χ3n) is 4.79. The van der Waals surface area contributed by atoms with Gasteiger partial charge < -0.3 is 25.0 Å². The fourth-order valence-electron chi connectivity index (χ4n) is 3.27. The van der Waals surface area contributed by atoms with Crippen molar-refractivity contribution in [1.29, 1.82) is 0 Å². The van der Waals surface area contributed by atoms with Gasteiger partial charge in [0, 0.05) is 31.8 Å². The zero-order valence-corrected chi connectivity index (χ0v) is 17.6. The molecule has 0 aromatic heterocycles. The number of ether oxygens (including phenoxy) is 2. The molecule has 0 atom stereocenters. The highest BCUT2D eigenvalue weighted by atomic mass is 19.3. The zero-order chi connectivity index (χ0) is 20.9. The highest BCUT2D eigenvalue weighted by Crippen LogP contribution is 2.26. The fraction of sp³-hybridized carbons (Fsp3) is 0.667. The van der Waals surface area contributed by atoms with Gasteiger partial charge in [0.2, 0.25) is 0 Å². The number of unbranched alkanes of at least 4 members (excludes halogenated alkanes) is 1. The first-order valence-corrected chi connectivity index (χ1v) is 10.5. The summed E-state index contributed by atoms with van der Waals surface area (Å²) in [6, 6.07) is 5.01. The van der Waals surface area contributed by atoms with Crippen LogP contribution in [0, 0.1) is 0 Å². The van der Waals surface area contributed by atoms with Crippen LogP contribution in [0.4, 0.5) is 8.78 Å². The molecule has 6 nitrogen and oxygen atoms in total. The summed E-state index contributed by atoms with van der Waals surface area (Å²) < 4.78 is 35.7. The molecule has 2 rings (SSSR count). The lowest BCUT2D eigenvalue weighted by Gasteiger charge is -2.16. The summed E-state index contributed by atoms with van der Waals surface area (Å²) in [5.41, 5.74) is 0.617. The van der Waals surface area contributed by atoms with Gasteiger partial charge in [0.25, 0.3) is 0 Å². The Bertz CT molecular complexity index is 623. The number of alkyl halides is 2. The van der Waals surface area contributed by atoms with E-state index < -0.39 is 6.61 Å². The summed E-state index contributed by atoms with van der Waals surface area (Å²) in [7, 11) is 1.69. The quantitative estimate of drug-likeness (QED) is 0.312. The first-order valence-electron chi connectivity index (χ1n) is 10.5. The van der Waals surface area contributed by atoms with Gasteiger partial charge in [-0.25, -0.2) is 0 Å². The molecule has 164 valence electrons. The number of nitrogens with one attached hydrogen (secondary N) is 2. The molecule has 1 saturated heterocycles. The van der Waals surface area contributed by atoms with Crippen LogP contribution in [0.5, 0.6) is 11.5 Å². The molecule has 1 heterocycles. The molecule has 1 fully saturated rings. The largest absolute Gasteiger partial charge is 0.493 e. The standard InChI is InChI=1S/C21H34F2N4O2/c1-3-14-28-18-9-8-17(19(15-18)29-20(22)23)16-26-21(24-2)25-10-4-5-11-27-12-6-7-13-27/h8-9,15,20H,3-7,10-14,16H2,1-2H3,(H2,24,25,26). The summed E-state index contributed by atoms with van der Waals surface area (Å²) in [6.07, 6.45) is 5.68. The van der Waals surface area contributed by atoms with E-state index in [1.54, 1.807) is 19.2 Å². The Morgan fingerprint density at radius 1 is 1.21 bits per heavy atom. The topological polar surface area (TPSA) is 58.1 Å². The van der Waals surface area contributed by atoms with E-state index >= 15 is 0 Å². The Labute approximate surface area is 172 Å². The monoisotopic (exact) mass is 412 g/mol. The SMILES string of the molecule is CCCOc1ccc(CNC(=NC)NCCCCN2CCCC2)c(OC(F)F)c1. The van der Waals surface area contributed by atoms with Gasteiger partial charge in [-0.15, -0.1) is 0 Å². The van der Waals surface area contributed by atoms with Crippen LogP contribution in [0.2, 0.25) is 0 Å². The van der Waals surface area contributed by atoms with E-state index in [0.717, 1.165) is 32.4 Å². The number of likely N-dealkylation sites (tertiary alicyclic amines) is 1. The molecule has 1 aromatic rings. The van der Waals surface area contributed by atoms with Crippen molar-refractivity contribution in [3.8, 4) is 11.5 Å². The second-order valence-electron chi connectivity index (χ2n) is 7.10. The van der Waals surface area contributed by atoms with Crippen molar-refractivity contribution >= 4 is 5.96 Å². The molecule has 1 aromatic carbocycles. The molecule has 0 spiro atoms. The average Bonchev–Trinajstić information content (AvgIpc) is 3.22. The van der Waals surface area contributed by atoms with Crippen molar-refractivity contribution < 1.29 is 18.3 Å². The third-order valence-corrected chi connectivity index (χ3v) is 4.79. The van der Waals surface area contributed by atoms with Crippen LogP contribution in [0.1, 0.15) is 44.6 Å². The minimum Gasteiger partial charge on any atom is -0.493 e. The van der Waals surface area contributed by atoms with Crippen LogP contribution in [-0.4, -0.2) is 57.3 Å². The van der Waals surface area contributed by atoms with Gasteiger partial charge in [-0.3, -0.25) is 4.99 Å². The van der Waals surface area contributed by atoms with E-state index in [1.165, 1.54) is 32.0 Å². The summed E-state index contributed by atoms with van der Waals surface area (Å²) in [5.74, 6) is 1.27. The molecular formula is C21H34F2N4O2. The van der Waals surface area contributed by atoms with E-state index in [0.29, 0.717) is 30.4 Å². The minimum absolute atomic E-state index is 0.113. The van der Waals surface area contributed by atoms with E-state index in [2.05, 4.69) is 25.3 Å². The van der Waals surface area contributed by atoms with Crippen LogP contribution in [-0.2, 0) is 6.54 Å². The maximum Gasteiger partial charge on any atom is 0.387 e. The van der Waals surface area contributed by atoms with E-state index in [-0.39, 0.29) is 5.75 Å². The molecule has 0 amide bonds. The Morgan fingerprint density at radius 2 is 2.00 bits per heavy atom. The molecular weight excluding hydrogens is 378 g/mol. The molecule has 1 aliphatic rings. The second-order valence-corrected chi connectivity index (χ2v) is 7.10. The molecule has 0 saturated carbocycles. The summed E-state index contributed by atoms with van der Waals surface area (Å²) >= 11 is 0. The maximum atomic E-state index is 12.8. The van der Waals surface area contributed by atoms with Gasteiger partial charge in [-0.2, -0.15) is 8.78 Å². The molecule has 0 unspecified atom stereocenters. The minimum atomic E-state index is -2.89. The predicted octanol–water partition coefficient (Wildman–Crippen LogP) is 3.62. The molecule has 29 heavy (non-hydrogen) atoms. The van der Waals surface area contributed by atoms with Gasteiger partial charge in [0.1, 0.15) is 11.5 Å². The first-order chi connectivity index (χ1) is 14.1. The number of rotatable bonds is 12. The number of hydrogen-bond donors (Lipinski definition) is 2. The van der Waals surface area contributed by atoms with Crippen LogP contribution in [0.3, 0.4) is 0 Å². The lowest BCUT2D eigenvalue weighted by Crippen LogP contribution is -2.37. The maximum absolute atomic E-state index is 12.8. The number of hydrogen-bond acceptors (Lipinski definition) is 4. The third kappa shape index (κ3) is 8.85. The van der Waals surface area contributed by atoms with Crippen molar-refractivity contribution in [2.45, 2.75) is 52.2 Å². The number of nitrogens with zero attached hydrogens (tertiary/aromatic N) is 2. The van der Waals surface area contributed by atoms with Gasteiger partial charge in [0.05, 0.1) is 6.61 Å². The number of guanidine groups is 1. The number of benzene rings is 1. The van der Waals surface area contributed by atoms with Crippen LogP contribution in [0.15, 0.2) is 23.2 Å². The molecule has 0 bridgehead atoms. The first kappa shape index (κ1) is 23.2. The summed E-state index contributed by atoms with van der Waals surface area (Å²) in [4.78, 5) is 6.70. The summed E-state index contributed by atoms with van der Waals surface area (Å²) in [6.45, 7) is 4.36. The molecule has 0 aliphatic carbocycles. The van der Waals surface area contributed by atoms with E-state index in [4.69, 9.17) is 4.74 Å². The Hall–Kier alpha value is -2.09. The Morgan fingerprint density at radius 3 is 2.69 bits per heavy atom. The fourth-order valence-corrected chi connectivity index (χ4v) is 3.27. The van der Waals surface area contributed by atoms with Crippen molar-refractivity contribution in [3.63, 3.8) is 0 Å². The van der Waals surface area contributed by atoms with Crippen LogP contribution < -0.4 is 20.1 Å². The van der Waals surface area contributed by atoms with Crippen molar-refractivity contribution in [2.75, 3.05) is 39.8 Å². The summed E-state index contributed by atoms with van der Waals surface area (Å²) in [5, 5.41) is 6.43. The second kappa shape index (κ2) is 13.2. The normalized spacial score (nSPS) is 15.0. The van der Waals surface area contributed by atoms with E-state index in [1.807, 2.05) is 6.92 Å². The van der Waals surface area contributed by atoms with Crippen molar-refractivity contribution in [2.24, 2.45) is 4.99 Å². The number of aliphatic imine (C=N–C) groups is 1. The van der Waals surface area contributed by atoms with Gasteiger partial charge in [-0.05, 0) is 63.9 Å². The molecule has 0 radical (unpaired) electrons. The predicted molar refractivity (Wildman–Crippen MR) is 112 cm³/mol. The van der Waals surface area contributed by atoms with Crippen LogP contribution in [0.25, 0.3) is 0 Å². The van der Waals surface area contributed by atoms with Gasteiger partial charge >= 0.3 is 6.61 Å². The van der Waals surface area contributed by atoms with Gasteiger partial charge in [-0.1, -0.05) is 6.92 Å². The molecule has 2 N–H and O–H groups in total.